The fourth-order valence-corrected chi connectivity index (χ4v) is 5.23. The highest BCUT2D eigenvalue weighted by atomic mass is 32.1. The van der Waals surface area contributed by atoms with Crippen LogP contribution < -0.4 is 5.73 Å². The summed E-state index contributed by atoms with van der Waals surface area (Å²) in [6.45, 7) is 12.9. The number of aldehydes is 1. The number of aromatic nitrogens is 1. The molecular weight excluding hydrogens is 452 g/mol. The van der Waals surface area contributed by atoms with Crippen LogP contribution >= 0.6 is 11.3 Å². The van der Waals surface area contributed by atoms with Crippen molar-refractivity contribution in [3.05, 3.63) is 21.7 Å². The van der Waals surface area contributed by atoms with Crippen LogP contribution in [0.3, 0.4) is 0 Å². The lowest BCUT2D eigenvalue weighted by Gasteiger charge is -2.34. The maximum atomic E-state index is 12.9. The molecule has 0 aromatic carbocycles. The molecule has 0 amide bonds. The second kappa shape index (κ2) is 11.5. The van der Waals surface area contributed by atoms with Gasteiger partial charge < -0.3 is 25.5 Å². The van der Waals surface area contributed by atoms with E-state index in [2.05, 4.69) is 11.9 Å². The Hall–Kier alpha value is -1.45. The quantitative estimate of drug-likeness (QED) is 0.266. The molecule has 1 aliphatic rings. The zero-order chi connectivity index (χ0) is 25.8. The number of nitrogens with two attached hydrogens (primary N) is 1. The first kappa shape index (κ1) is 28.8. The van der Waals surface area contributed by atoms with Gasteiger partial charge in [-0.05, 0) is 45.6 Å². The summed E-state index contributed by atoms with van der Waals surface area (Å²) in [5, 5.41) is 24.0. The van der Waals surface area contributed by atoms with E-state index < -0.39 is 23.5 Å². The fourth-order valence-electron chi connectivity index (χ4n) is 4.66. The fraction of sp³-hybridized carbons (Fsp3) is 0.731. The molecular formula is C26H42N2O5S. The van der Waals surface area contributed by atoms with Gasteiger partial charge in [0.15, 0.2) is 0 Å². The van der Waals surface area contributed by atoms with Crippen molar-refractivity contribution in [1.29, 1.82) is 0 Å². The van der Waals surface area contributed by atoms with Crippen LogP contribution in [0.25, 0.3) is 6.08 Å². The number of aliphatic hydroxyl groups excluding tert-OH is 2. The molecule has 7 unspecified atom stereocenters. The van der Waals surface area contributed by atoms with Gasteiger partial charge in [-0.3, -0.25) is 4.79 Å². The molecule has 8 heteroatoms. The van der Waals surface area contributed by atoms with Crippen LogP contribution in [0, 0.1) is 24.2 Å². The molecule has 0 bridgehead atoms. The summed E-state index contributed by atoms with van der Waals surface area (Å²) in [4.78, 5) is 28.1. The minimum atomic E-state index is -1.09. The lowest BCUT2D eigenvalue weighted by molar-refractivity contribution is -0.142. The van der Waals surface area contributed by atoms with E-state index in [1.165, 1.54) is 0 Å². The number of rotatable bonds is 14. The molecule has 4 N–H and O–H groups in total. The minimum Gasteiger partial charge on any atom is -0.392 e. The van der Waals surface area contributed by atoms with Gasteiger partial charge in [-0.25, -0.2) is 4.98 Å². The molecule has 192 valence electrons. The molecule has 0 spiro atoms. The lowest BCUT2D eigenvalue weighted by Crippen LogP contribution is -2.44. The SMILES string of the molecule is C/C(=C\c1csc(C)n1)C(N)C1OC1(C)CCCC(C)C(O)C(C)C(=O)C(C)(C)C(O)CC=O. The Morgan fingerprint density at radius 1 is 1.38 bits per heavy atom. The van der Waals surface area contributed by atoms with Gasteiger partial charge in [0.25, 0.3) is 0 Å². The Labute approximate surface area is 207 Å². The van der Waals surface area contributed by atoms with E-state index in [1.807, 2.05) is 32.2 Å². The Morgan fingerprint density at radius 3 is 2.59 bits per heavy atom. The number of nitrogens with zero attached hydrogens (tertiary/aromatic N) is 1. The second-order valence-electron chi connectivity index (χ2n) is 10.7. The zero-order valence-electron chi connectivity index (χ0n) is 21.6. The van der Waals surface area contributed by atoms with Crippen molar-refractivity contribution in [3.8, 4) is 0 Å². The maximum absolute atomic E-state index is 12.9. The summed E-state index contributed by atoms with van der Waals surface area (Å²) in [6.07, 6.45) is 2.98. The molecule has 34 heavy (non-hydrogen) atoms. The lowest BCUT2D eigenvalue weighted by atomic mass is 9.73. The van der Waals surface area contributed by atoms with Crippen LogP contribution in [0.1, 0.15) is 77.9 Å². The van der Waals surface area contributed by atoms with E-state index in [0.717, 1.165) is 35.5 Å². The number of epoxide rings is 1. The third-order valence-electron chi connectivity index (χ3n) is 7.43. The first-order chi connectivity index (χ1) is 15.7. The Bertz CT molecular complexity index is 882. The summed E-state index contributed by atoms with van der Waals surface area (Å²) in [6, 6.07) is -0.201. The van der Waals surface area contributed by atoms with Crippen LogP contribution in [0.15, 0.2) is 11.0 Å². The number of aryl methyl sites for hydroxylation is 1. The Kier molecular flexibility index (Phi) is 9.76. The smallest absolute Gasteiger partial charge is 0.146 e. The highest BCUT2D eigenvalue weighted by Gasteiger charge is 2.55. The summed E-state index contributed by atoms with van der Waals surface area (Å²) in [7, 11) is 0. The van der Waals surface area contributed by atoms with Crippen LogP contribution in [0.4, 0.5) is 0 Å². The summed E-state index contributed by atoms with van der Waals surface area (Å²) < 4.78 is 6.00. The maximum Gasteiger partial charge on any atom is 0.146 e. The molecule has 0 aliphatic carbocycles. The number of hydrogen-bond acceptors (Lipinski definition) is 8. The predicted octanol–water partition coefficient (Wildman–Crippen LogP) is 3.69. The summed E-state index contributed by atoms with van der Waals surface area (Å²) in [5.41, 5.74) is 7.03. The molecule has 7 atom stereocenters. The van der Waals surface area contributed by atoms with Gasteiger partial charge in [-0.1, -0.05) is 39.7 Å². The van der Waals surface area contributed by atoms with E-state index >= 15 is 0 Å². The molecule has 1 fully saturated rings. The van der Waals surface area contributed by atoms with Crippen molar-refractivity contribution in [2.75, 3.05) is 0 Å². The van der Waals surface area contributed by atoms with Crippen molar-refractivity contribution in [2.45, 2.75) is 104 Å². The molecule has 1 saturated heterocycles. The standard InChI is InChI=1S/C26H42N2O5S/c1-15(22(31)17(3)23(32)25(5,6)20(30)10-12-29)9-8-11-26(7)24(33-26)21(27)16(2)13-19-14-34-18(4)28-19/h12-15,17,20-22,24,30-31H,8-11,27H2,1-7H3/b16-13+. The number of Topliss-reactive ketones (excluding diaryl/α,β-unsaturated/α-hetero) is 1. The Morgan fingerprint density at radius 2 is 2.03 bits per heavy atom. The molecule has 2 rings (SSSR count). The van der Waals surface area contributed by atoms with Gasteiger partial charge >= 0.3 is 0 Å². The number of carbonyl (C=O) groups is 2. The van der Waals surface area contributed by atoms with Gasteiger partial charge in [-0.2, -0.15) is 0 Å². The van der Waals surface area contributed by atoms with E-state index in [4.69, 9.17) is 10.5 Å². The largest absolute Gasteiger partial charge is 0.392 e. The summed E-state index contributed by atoms with van der Waals surface area (Å²) in [5.74, 6) is -0.966. The number of ketones is 1. The average molecular weight is 495 g/mol. The normalized spacial score (nSPS) is 25.4. The van der Waals surface area contributed by atoms with Crippen molar-refractivity contribution in [1.82, 2.24) is 4.98 Å². The molecule has 0 radical (unpaired) electrons. The van der Waals surface area contributed by atoms with Gasteiger partial charge in [0, 0.05) is 17.7 Å². The third-order valence-corrected chi connectivity index (χ3v) is 8.23. The van der Waals surface area contributed by atoms with Crippen molar-refractivity contribution >= 4 is 29.5 Å². The molecule has 1 aromatic heterocycles. The monoisotopic (exact) mass is 494 g/mol. The van der Waals surface area contributed by atoms with Crippen molar-refractivity contribution in [3.63, 3.8) is 0 Å². The van der Waals surface area contributed by atoms with Crippen LogP contribution in [0.5, 0.6) is 0 Å². The molecule has 0 saturated carbocycles. The number of carbonyl (C=O) groups excluding carboxylic acids is 2. The molecule has 1 aromatic rings. The zero-order valence-corrected chi connectivity index (χ0v) is 22.4. The van der Waals surface area contributed by atoms with E-state index in [1.54, 1.807) is 32.1 Å². The van der Waals surface area contributed by atoms with Gasteiger partial charge in [-0.15, -0.1) is 11.3 Å². The topological polar surface area (TPSA) is 126 Å². The van der Waals surface area contributed by atoms with E-state index in [-0.39, 0.29) is 35.9 Å². The van der Waals surface area contributed by atoms with Gasteiger partial charge in [0.05, 0.1) is 40.0 Å². The molecule has 7 nitrogen and oxygen atoms in total. The highest BCUT2D eigenvalue weighted by molar-refractivity contribution is 7.09. The van der Waals surface area contributed by atoms with Crippen LogP contribution in [-0.4, -0.2) is 57.2 Å². The second-order valence-corrected chi connectivity index (χ2v) is 11.8. The van der Waals surface area contributed by atoms with E-state index in [0.29, 0.717) is 6.29 Å². The molecule has 1 aliphatic heterocycles. The number of ether oxygens (including phenoxy) is 1. The number of aliphatic hydroxyl groups is 2. The minimum absolute atomic E-state index is 0.0516. The highest BCUT2D eigenvalue weighted by Crippen LogP contribution is 2.44. The van der Waals surface area contributed by atoms with Gasteiger partial charge in [0.2, 0.25) is 0 Å². The first-order valence-electron chi connectivity index (χ1n) is 12.1. The predicted molar refractivity (Wildman–Crippen MR) is 135 cm³/mol. The third kappa shape index (κ3) is 6.82. The Balaban J connectivity index is 1.85. The van der Waals surface area contributed by atoms with Crippen LogP contribution in [0.2, 0.25) is 0 Å². The first-order valence-corrected chi connectivity index (χ1v) is 13.0. The van der Waals surface area contributed by atoms with Crippen molar-refractivity contribution < 1.29 is 24.5 Å². The van der Waals surface area contributed by atoms with Crippen LogP contribution in [-0.2, 0) is 14.3 Å². The van der Waals surface area contributed by atoms with E-state index in [9.17, 15) is 19.8 Å². The molecule has 2 heterocycles. The average Bonchev–Trinajstić information content (AvgIpc) is 3.28. The van der Waals surface area contributed by atoms with Gasteiger partial charge in [0.1, 0.15) is 18.2 Å². The number of hydrogen-bond donors (Lipinski definition) is 3. The van der Waals surface area contributed by atoms with Crippen molar-refractivity contribution in [2.24, 2.45) is 23.0 Å². The number of thiazole rings is 1. The summed E-state index contributed by atoms with van der Waals surface area (Å²) >= 11 is 1.61.